The Morgan fingerprint density at radius 2 is 2.38 bits per heavy atom. The summed E-state index contributed by atoms with van der Waals surface area (Å²) in [6.07, 6.45) is 2.43. The SMILES string of the molecule is CCC1(CN)CCN1. The molecule has 8 heavy (non-hydrogen) atoms. The Labute approximate surface area is 50.4 Å². The van der Waals surface area contributed by atoms with Crippen molar-refractivity contribution in [2.24, 2.45) is 5.73 Å². The largest absolute Gasteiger partial charge is 0.329 e. The van der Waals surface area contributed by atoms with Gasteiger partial charge in [-0.2, -0.15) is 0 Å². The zero-order valence-corrected chi connectivity index (χ0v) is 5.41. The first-order valence-electron chi connectivity index (χ1n) is 3.28. The first-order chi connectivity index (χ1) is 3.83. The standard InChI is InChI=1S/C6H14N2/c1-2-6(5-7)3-4-8-6/h8H,2-5,7H2,1H3. The molecular weight excluding hydrogens is 100 g/mol. The van der Waals surface area contributed by atoms with Crippen LogP contribution in [-0.2, 0) is 0 Å². The van der Waals surface area contributed by atoms with Gasteiger partial charge in [-0.3, -0.25) is 0 Å². The van der Waals surface area contributed by atoms with Crippen LogP contribution in [0.25, 0.3) is 0 Å². The minimum Gasteiger partial charge on any atom is -0.329 e. The van der Waals surface area contributed by atoms with Crippen molar-refractivity contribution in [1.82, 2.24) is 5.32 Å². The van der Waals surface area contributed by atoms with Gasteiger partial charge in [0.15, 0.2) is 0 Å². The Bertz CT molecular complexity index is 63.1. The highest BCUT2D eigenvalue weighted by Crippen LogP contribution is 2.20. The molecule has 0 radical (unpaired) electrons. The predicted octanol–water partition coefficient (Wildman–Crippen LogP) is 0.0872. The predicted molar refractivity (Wildman–Crippen MR) is 34.7 cm³/mol. The smallest absolute Gasteiger partial charge is 0.0313 e. The molecule has 0 amide bonds. The van der Waals surface area contributed by atoms with E-state index in [4.69, 9.17) is 5.73 Å². The minimum atomic E-state index is 0.333. The molecule has 0 aromatic rings. The van der Waals surface area contributed by atoms with E-state index < -0.39 is 0 Å². The van der Waals surface area contributed by atoms with Gasteiger partial charge in [0, 0.05) is 12.1 Å². The Balaban J connectivity index is 2.33. The van der Waals surface area contributed by atoms with E-state index in [1.807, 2.05) is 0 Å². The van der Waals surface area contributed by atoms with E-state index in [1.165, 1.54) is 12.8 Å². The minimum absolute atomic E-state index is 0.333. The van der Waals surface area contributed by atoms with Crippen molar-refractivity contribution < 1.29 is 0 Å². The van der Waals surface area contributed by atoms with Gasteiger partial charge >= 0.3 is 0 Å². The van der Waals surface area contributed by atoms with E-state index in [-0.39, 0.29) is 0 Å². The molecule has 1 unspecified atom stereocenters. The van der Waals surface area contributed by atoms with Gasteiger partial charge < -0.3 is 11.1 Å². The van der Waals surface area contributed by atoms with E-state index in [0.717, 1.165) is 13.1 Å². The molecule has 3 N–H and O–H groups in total. The van der Waals surface area contributed by atoms with Gasteiger partial charge in [0.05, 0.1) is 0 Å². The Morgan fingerprint density at radius 1 is 1.75 bits per heavy atom. The van der Waals surface area contributed by atoms with Crippen LogP contribution in [0, 0.1) is 0 Å². The molecule has 0 spiro atoms. The Morgan fingerprint density at radius 3 is 2.38 bits per heavy atom. The second-order valence-corrected chi connectivity index (χ2v) is 2.51. The zero-order chi connectivity index (χ0) is 6.04. The van der Waals surface area contributed by atoms with Crippen LogP contribution in [0.3, 0.4) is 0 Å². The summed E-state index contributed by atoms with van der Waals surface area (Å²) in [5, 5.41) is 3.33. The third-order valence-corrected chi connectivity index (χ3v) is 2.17. The van der Waals surface area contributed by atoms with E-state index in [1.54, 1.807) is 0 Å². The Kier molecular flexibility index (Phi) is 1.54. The number of hydrogen-bond donors (Lipinski definition) is 2. The van der Waals surface area contributed by atoms with Crippen LogP contribution in [0.5, 0.6) is 0 Å². The van der Waals surface area contributed by atoms with Crippen molar-refractivity contribution in [3.63, 3.8) is 0 Å². The normalized spacial score (nSPS) is 36.8. The molecule has 1 heterocycles. The number of hydrogen-bond acceptors (Lipinski definition) is 2. The topological polar surface area (TPSA) is 38.0 Å². The van der Waals surface area contributed by atoms with E-state index in [9.17, 15) is 0 Å². The average molecular weight is 114 g/mol. The molecule has 1 aliphatic heterocycles. The summed E-state index contributed by atoms with van der Waals surface area (Å²) >= 11 is 0. The second kappa shape index (κ2) is 2.03. The van der Waals surface area contributed by atoms with Crippen molar-refractivity contribution in [3.8, 4) is 0 Å². The average Bonchev–Trinajstić information content (AvgIpc) is 1.67. The summed E-state index contributed by atoms with van der Waals surface area (Å²) in [6.45, 7) is 4.13. The number of nitrogens with one attached hydrogen (secondary N) is 1. The molecule has 0 aliphatic carbocycles. The van der Waals surface area contributed by atoms with Crippen molar-refractivity contribution in [2.45, 2.75) is 25.3 Å². The van der Waals surface area contributed by atoms with Gasteiger partial charge in [-0.05, 0) is 19.4 Å². The van der Waals surface area contributed by atoms with Gasteiger partial charge in [-0.15, -0.1) is 0 Å². The molecule has 1 aliphatic rings. The van der Waals surface area contributed by atoms with Crippen LogP contribution >= 0.6 is 0 Å². The van der Waals surface area contributed by atoms with Crippen LogP contribution in [0.1, 0.15) is 19.8 Å². The fourth-order valence-electron chi connectivity index (χ4n) is 1.10. The van der Waals surface area contributed by atoms with Crippen molar-refractivity contribution >= 4 is 0 Å². The van der Waals surface area contributed by atoms with Crippen molar-refractivity contribution in [2.75, 3.05) is 13.1 Å². The highest BCUT2D eigenvalue weighted by molar-refractivity contribution is 4.95. The van der Waals surface area contributed by atoms with Gasteiger partial charge in [0.2, 0.25) is 0 Å². The maximum atomic E-state index is 5.52. The fourth-order valence-corrected chi connectivity index (χ4v) is 1.10. The maximum absolute atomic E-state index is 5.52. The van der Waals surface area contributed by atoms with Crippen LogP contribution < -0.4 is 11.1 Å². The van der Waals surface area contributed by atoms with Gasteiger partial charge in [0.1, 0.15) is 0 Å². The summed E-state index contributed by atoms with van der Waals surface area (Å²) in [5.41, 5.74) is 5.85. The molecule has 1 rings (SSSR count). The van der Waals surface area contributed by atoms with Gasteiger partial charge in [-0.1, -0.05) is 6.92 Å². The van der Waals surface area contributed by atoms with Crippen LogP contribution in [0.4, 0.5) is 0 Å². The first-order valence-corrected chi connectivity index (χ1v) is 3.28. The molecule has 2 nitrogen and oxygen atoms in total. The number of rotatable bonds is 2. The second-order valence-electron chi connectivity index (χ2n) is 2.51. The zero-order valence-electron chi connectivity index (χ0n) is 5.41. The Hall–Kier alpha value is -0.0800. The third kappa shape index (κ3) is 0.740. The van der Waals surface area contributed by atoms with Gasteiger partial charge in [0.25, 0.3) is 0 Å². The molecule has 0 aromatic heterocycles. The van der Waals surface area contributed by atoms with Gasteiger partial charge in [-0.25, -0.2) is 0 Å². The molecule has 0 bridgehead atoms. The summed E-state index contributed by atoms with van der Waals surface area (Å²) < 4.78 is 0. The molecule has 0 saturated carbocycles. The quantitative estimate of drug-likeness (QED) is 0.534. The van der Waals surface area contributed by atoms with Crippen molar-refractivity contribution in [3.05, 3.63) is 0 Å². The molecule has 1 saturated heterocycles. The van der Waals surface area contributed by atoms with E-state index in [0.29, 0.717) is 5.54 Å². The van der Waals surface area contributed by atoms with Crippen LogP contribution in [0.15, 0.2) is 0 Å². The highest BCUT2D eigenvalue weighted by atomic mass is 15.1. The molecule has 2 heteroatoms. The third-order valence-electron chi connectivity index (χ3n) is 2.17. The summed E-state index contributed by atoms with van der Waals surface area (Å²) in [6, 6.07) is 0. The summed E-state index contributed by atoms with van der Waals surface area (Å²) in [4.78, 5) is 0. The van der Waals surface area contributed by atoms with Crippen LogP contribution in [0.2, 0.25) is 0 Å². The first kappa shape index (κ1) is 6.05. The van der Waals surface area contributed by atoms with Crippen LogP contribution in [-0.4, -0.2) is 18.6 Å². The highest BCUT2D eigenvalue weighted by Gasteiger charge is 2.32. The molecule has 1 fully saturated rings. The fraction of sp³-hybridized carbons (Fsp3) is 1.00. The van der Waals surface area contributed by atoms with E-state index in [2.05, 4.69) is 12.2 Å². The maximum Gasteiger partial charge on any atom is 0.0313 e. The lowest BCUT2D eigenvalue weighted by molar-refractivity contribution is 0.208. The molecular formula is C6H14N2. The molecule has 48 valence electrons. The lowest BCUT2D eigenvalue weighted by atomic mass is 9.85. The van der Waals surface area contributed by atoms with Crippen molar-refractivity contribution in [1.29, 1.82) is 0 Å². The number of nitrogens with two attached hydrogens (primary N) is 1. The lowest BCUT2D eigenvalue weighted by Crippen LogP contribution is -2.60. The monoisotopic (exact) mass is 114 g/mol. The molecule has 1 atom stereocenters. The molecule has 0 aromatic carbocycles. The summed E-state index contributed by atoms with van der Waals surface area (Å²) in [5.74, 6) is 0. The summed E-state index contributed by atoms with van der Waals surface area (Å²) in [7, 11) is 0. The van der Waals surface area contributed by atoms with E-state index >= 15 is 0 Å². The lowest BCUT2D eigenvalue weighted by Gasteiger charge is -2.41.